The van der Waals surface area contributed by atoms with Crippen molar-refractivity contribution in [1.82, 2.24) is 9.80 Å². The van der Waals surface area contributed by atoms with Crippen molar-refractivity contribution in [2.24, 2.45) is 5.92 Å². The predicted molar refractivity (Wildman–Crippen MR) is 86.8 cm³/mol. The Kier molecular flexibility index (Phi) is 5.53. The molecular weight excluding hydrogens is 294 g/mol. The molecule has 130 valence electrons. The fraction of sp³-hybridized carbons (Fsp3) is 0.882. The van der Waals surface area contributed by atoms with E-state index in [0.717, 1.165) is 25.9 Å². The smallest absolute Gasteiger partial charge is 0.410 e. The van der Waals surface area contributed by atoms with Gasteiger partial charge in [-0.25, -0.2) is 4.79 Å². The molecule has 0 bridgehead atoms. The second kappa shape index (κ2) is 7.06. The Hall–Kier alpha value is -1.32. The summed E-state index contributed by atoms with van der Waals surface area (Å²) >= 11 is 0. The van der Waals surface area contributed by atoms with E-state index in [1.807, 2.05) is 20.8 Å². The van der Waals surface area contributed by atoms with E-state index >= 15 is 0 Å². The van der Waals surface area contributed by atoms with Crippen molar-refractivity contribution in [3.63, 3.8) is 0 Å². The van der Waals surface area contributed by atoms with Crippen LogP contribution in [0.1, 0.15) is 46.5 Å². The Morgan fingerprint density at radius 1 is 1.35 bits per heavy atom. The molecule has 0 spiro atoms. The summed E-state index contributed by atoms with van der Waals surface area (Å²) in [5.41, 5.74) is -1.01. The van der Waals surface area contributed by atoms with Crippen LogP contribution in [0.25, 0.3) is 0 Å². The van der Waals surface area contributed by atoms with Crippen LogP contribution in [-0.2, 0) is 4.74 Å². The van der Waals surface area contributed by atoms with Gasteiger partial charge < -0.3 is 14.7 Å². The molecule has 1 atom stereocenters. The van der Waals surface area contributed by atoms with Crippen LogP contribution in [0.5, 0.6) is 0 Å². The van der Waals surface area contributed by atoms with Crippen LogP contribution >= 0.6 is 0 Å². The molecule has 2 rings (SSSR count). The summed E-state index contributed by atoms with van der Waals surface area (Å²) in [4.78, 5) is 16.1. The summed E-state index contributed by atoms with van der Waals surface area (Å²) in [6.07, 6.45) is 3.03. The van der Waals surface area contributed by atoms with Crippen LogP contribution in [0.4, 0.5) is 4.79 Å². The third-order valence-electron chi connectivity index (χ3n) is 4.83. The van der Waals surface area contributed by atoms with Crippen LogP contribution in [0.3, 0.4) is 0 Å². The fourth-order valence-corrected chi connectivity index (χ4v) is 3.49. The summed E-state index contributed by atoms with van der Waals surface area (Å²) < 4.78 is 5.42. The molecule has 0 aromatic carbocycles. The fourth-order valence-electron chi connectivity index (χ4n) is 3.49. The highest BCUT2D eigenvalue weighted by atomic mass is 16.6. The monoisotopic (exact) mass is 323 g/mol. The third kappa shape index (κ3) is 4.36. The minimum atomic E-state index is -0.508. The summed E-state index contributed by atoms with van der Waals surface area (Å²) in [6.45, 7) is 8.52. The summed E-state index contributed by atoms with van der Waals surface area (Å²) in [7, 11) is 0. The minimum Gasteiger partial charge on any atom is -0.444 e. The van der Waals surface area contributed by atoms with Crippen LogP contribution in [0.15, 0.2) is 0 Å². The first kappa shape index (κ1) is 18.0. The number of aliphatic hydroxyl groups excluding tert-OH is 1. The Morgan fingerprint density at radius 2 is 2.00 bits per heavy atom. The van der Waals surface area contributed by atoms with Crippen molar-refractivity contribution in [3.8, 4) is 6.07 Å². The van der Waals surface area contributed by atoms with E-state index in [4.69, 9.17) is 4.74 Å². The van der Waals surface area contributed by atoms with Crippen LogP contribution in [0.2, 0.25) is 0 Å². The number of ether oxygens (including phenoxy) is 1. The lowest BCUT2D eigenvalue weighted by molar-refractivity contribution is -0.00525. The van der Waals surface area contributed by atoms with Gasteiger partial charge in [-0.15, -0.1) is 0 Å². The van der Waals surface area contributed by atoms with E-state index in [9.17, 15) is 15.2 Å². The number of hydrogen-bond donors (Lipinski definition) is 1. The van der Waals surface area contributed by atoms with Crippen molar-refractivity contribution in [2.45, 2.75) is 57.6 Å². The van der Waals surface area contributed by atoms with Gasteiger partial charge in [0.2, 0.25) is 0 Å². The Balaban J connectivity index is 1.97. The number of rotatable bonds is 2. The van der Waals surface area contributed by atoms with Gasteiger partial charge >= 0.3 is 6.09 Å². The SMILES string of the molecule is CC(C)(C)OC(=O)N1CCC(C#N)(N2CCCC(CO)C2)CC1. The van der Waals surface area contributed by atoms with Gasteiger partial charge in [-0.05, 0) is 58.9 Å². The zero-order chi connectivity index (χ0) is 17.1. The average Bonchev–Trinajstić information content (AvgIpc) is 2.53. The molecule has 2 aliphatic heterocycles. The highest BCUT2D eigenvalue weighted by molar-refractivity contribution is 5.68. The van der Waals surface area contributed by atoms with E-state index < -0.39 is 11.1 Å². The zero-order valence-electron chi connectivity index (χ0n) is 14.5. The van der Waals surface area contributed by atoms with E-state index in [2.05, 4.69) is 11.0 Å². The highest BCUT2D eigenvalue weighted by Crippen LogP contribution is 2.32. The molecule has 2 saturated heterocycles. The van der Waals surface area contributed by atoms with Gasteiger partial charge in [0.05, 0.1) is 6.07 Å². The number of piperidine rings is 2. The van der Waals surface area contributed by atoms with Crippen LogP contribution in [0, 0.1) is 17.2 Å². The molecule has 2 fully saturated rings. The quantitative estimate of drug-likeness (QED) is 0.841. The lowest BCUT2D eigenvalue weighted by Crippen LogP contribution is -2.58. The molecule has 1 N–H and O–H groups in total. The first-order chi connectivity index (χ1) is 10.8. The first-order valence-corrected chi connectivity index (χ1v) is 8.55. The second-order valence-electron chi connectivity index (χ2n) is 7.75. The maximum atomic E-state index is 12.2. The van der Waals surface area contributed by atoms with Crippen molar-refractivity contribution in [3.05, 3.63) is 0 Å². The molecule has 1 amide bonds. The molecular formula is C17H29N3O3. The van der Waals surface area contributed by atoms with Gasteiger partial charge in [0, 0.05) is 26.2 Å². The van der Waals surface area contributed by atoms with Crippen molar-refractivity contribution in [1.29, 1.82) is 5.26 Å². The van der Waals surface area contributed by atoms with Gasteiger partial charge in [0.25, 0.3) is 0 Å². The number of carbonyl (C=O) groups excluding carboxylic acids is 1. The van der Waals surface area contributed by atoms with Crippen LogP contribution < -0.4 is 0 Å². The normalized spacial score (nSPS) is 25.7. The Bertz CT molecular complexity index is 459. The van der Waals surface area contributed by atoms with Gasteiger partial charge in [-0.1, -0.05) is 0 Å². The Labute approximate surface area is 139 Å². The molecule has 1 unspecified atom stereocenters. The van der Waals surface area contributed by atoms with Crippen molar-refractivity contribution in [2.75, 3.05) is 32.8 Å². The largest absolute Gasteiger partial charge is 0.444 e. The minimum absolute atomic E-state index is 0.183. The molecule has 6 nitrogen and oxygen atoms in total. The molecule has 6 heteroatoms. The molecule has 2 aliphatic rings. The Morgan fingerprint density at radius 3 is 2.52 bits per heavy atom. The van der Waals surface area contributed by atoms with Crippen molar-refractivity contribution >= 4 is 6.09 Å². The van der Waals surface area contributed by atoms with Gasteiger partial charge in [0.15, 0.2) is 0 Å². The molecule has 2 heterocycles. The number of likely N-dealkylation sites (tertiary alicyclic amines) is 2. The second-order valence-corrected chi connectivity index (χ2v) is 7.75. The standard InChI is InChI=1S/C17H29N3O3/c1-16(2,3)23-15(22)19-9-6-17(13-18,7-10-19)20-8-4-5-14(11-20)12-21/h14,21H,4-12H2,1-3H3. The number of amides is 1. The third-order valence-corrected chi connectivity index (χ3v) is 4.83. The molecule has 0 saturated carbocycles. The predicted octanol–water partition coefficient (Wildman–Crippen LogP) is 1.98. The topological polar surface area (TPSA) is 76.8 Å². The zero-order valence-corrected chi connectivity index (χ0v) is 14.5. The van der Waals surface area contributed by atoms with E-state index in [-0.39, 0.29) is 18.6 Å². The molecule has 23 heavy (non-hydrogen) atoms. The van der Waals surface area contributed by atoms with Crippen LogP contribution in [-0.4, -0.2) is 64.9 Å². The lowest BCUT2D eigenvalue weighted by Gasteiger charge is -2.47. The van der Waals surface area contributed by atoms with Crippen molar-refractivity contribution < 1.29 is 14.6 Å². The summed E-state index contributed by atoms with van der Waals surface area (Å²) in [6, 6.07) is 2.51. The summed E-state index contributed by atoms with van der Waals surface area (Å²) in [5.74, 6) is 0.262. The number of carbonyl (C=O) groups is 1. The molecule has 0 aliphatic carbocycles. The number of hydrogen-bond acceptors (Lipinski definition) is 5. The van der Waals surface area contributed by atoms with Gasteiger partial charge in [-0.3, -0.25) is 4.90 Å². The maximum absolute atomic E-state index is 12.2. The molecule has 0 aromatic rings. The number of nitrogens with zero attached hydrogens (tertiary/aromatic N) is 3. The summed E-state index contributed by atoms with van der Waals surface area (Å²) in [5, 5.41) is 19.2. The van der Waals surface area contributed by atoms with Gasteiger partial charge in [0.1, 0.15) is 11.1 Å². The number of nitriles is 1. The molecule has 0 radical (unpaired) electrons. The number of aliphatic hydroxyl groups is 1. The van der Waals surface area contributed by atoms with E-state index in [1.54, 1.807) is 4.90 Å². The first-order valence-electron chi connectivity index (χ1n) is 8.55. The van der Waals surface area contributed by atoms with Gasteiger partial charge in [-0.2, -0.15) is 5.26 Å². The highest BCUT2D eigenvalue weighted by Gasteiger charge is 2.43. The van der Waals surface area contributed by atoms with E-state index in [0.29, 0.717) is 25.9 Å². The average molecular weight is 323 g/mol. The van der Waals surface area contributed by atoms with E-state index in [1.165, 1.54) is 0 Å². The lowest BCUT2D eigenvalue weighted by atomic mass is 9.84. The maximum Gasteiger partial charge on any atom is 0.410 e. The molecule has 0 aromatic heterocycles.